The molecule has 2 rings (SSSR count). The van der Waals surface area contributed by atoms with Gasteiger partial charge in [0.1, 0.15) is 0 Å². The first-order chi connectivity index (χ1) is 8.00. The van der Waals surface area contributed by atoms with Crippen LogP contribution in [-0.4, -0.2) is 13.1 Å². The number of nitrogens with two attached hydrogens (primary N) is 1. The summed E-state index contributed by atoms with van der Waals surface area (Å²) < 4.78 is 1.14. The van der Waals surface area contributed by atoms with Crippen LogP contribution < -0.4 is 10.6 Å². The van der Waals surface area contributed by atoms with E-state index >= 15 is 0 Å². The maximum Gasteiger partial charge on any atom is 0.0510 e. The number of benzene rings is 1. The molecule has 94 valence electrons. The summed E-state index contributed by atoms with van der Waals surface area (Å²) in [6, 6.07) is 7.14. The summed E-state index contributed by atoms with van der Waals surface area (Å²) in [6.07, 6.45) is 2.75. The normalized spacial score (nSPS) is 18.9. The average molecular weight is 297 g/mol. The Morgan fingerprint density at radius 2 is 2.00 bits per heavy atom. The fraction of sp³-hybridized carbons (Fsp3) is 0.571. The molecule has 2 atom stereocenters. The zero-order valence-corrected chi connectivity index (χ0v) is 12.4. The lowest BCUT2D eigenvalue weighted by molar-refractivity contribution is 0.608. The molecule has 17 heavy (non-hydrogen) atoms. The van der Waals surface area contributed by atoms with Gasteiger partial charge >= 0.3 is 0 Å². The fourth-order valence-electron chi connectivity index (χ4n) is 2.21. The first kappa shape index (κ1) is 12.9. The van der Waals surface area contributed by atoms with Crippen LogP contribution in [0.4, 0.5) is 5.69 Å². The van der Waals surface area contributed by atoms with Gasteiger partial charge in [0.25, 0.3) is 0 Å². The van der Waals surface area contributed by atoms with Gasteiger partial charge in [-0.05, 0) is 66.2 Å². The summed E-state index contributed by atoms with van der Waals surface area (Å²) >= 11 is 3.66. The number of hydrogen-bond donors (Lipinski definition) is 1. The zero-order chi connectivity index (χ0) is 12.6. The van der Waals surface area contributed by atoms with Crippen molar-refractivity contribution in [1.82, 2.24) is 0 Å². The van der Waals surface area contributed by atoms with Gasteiger partial charge in [-0.15, -0.1) is 0 Å². The van der Waals surface area contributed by atoms with Gasteiger partial charge in [0.2, 0.25) is 0 Å². The number of hydrogen-bond acceptors (Lipinski definition) is 2. The van der Waals surface area contributed by atoms with Crippen LogP contribution in [0, 0.1) is 5.92 Å². The van der Waals surface area contributed by atoms with Crippen LogP contribution in [0.2, 0.25) is 0 Å². The Bertz CT molecular complexity index is 399. The Morgan fingerprint density at radius 1 is 1.35 bits per heavy atom. The molecule has 0 aliphatic heterocycles. The van der Waals surface area contributed by atoms with Crippen molar-refractivity contribution in [2.24, 2.45) is 11.7 Å². The van der Waals surface area contributed by atoms with Crippen LogP contribution in [0.3, 0.4) is 0 Å². The molecular formula is C14H21BrN2. The second kappa shape index (κ2) is 4.99. The average Bonchev–Trinajstić information content (AvgIpc) is 3.10. The monoisotopic (exact) mass is 296 g/mol. The Hall–Kier alpha value is -0.540. The molecule has 0 spiro atoms. The summed E-state index contributed by atoms with van der Waals surface area (Å²) in [5.74, 6) is 0.875. The first-order valence-electron chi connectivity index (χ1n) is 6.28. The van der Waals surface area contributed by atoms with Crippen LogP contribution in [0.25, 0.3) is 0 Å². The van der Waals surface area contributed by atoms with Gasteiger partial charge in [0, 0.05) is 23.6 Å². The van der Waals surface area contributed by atoms with Gasteiger partial charge in [-0.2, -0.15) is 0 Å². The van der Waals surface area contributed by atoms with Gasteiger partial charge in [-0.1, -0.05) is 6.07 Å². The first-order valence-corrected chi connectivity index (χ1v) is 7.08. The molecule has 2 nitrogen and oxygen atoms in total. The van der Waals surface area contributed by atoms with Gasteiger partial charge in [-0.25, -0.2) is 0 Å². The number of nitrogens with zero attached hydrogens (tertiary/aromatic N) is 1. The summed E-state index contributed by atoms with van der Waals surface area (Å²) in [5, 5.41) is 0. The van der Waals surface area contributed by atoms with Crippen molar-refractivity contribution in [2.75, 3.05) is 11.9 Å². The minimum atomic E-state index is 0.0894. The van der Waals surface area contributed by atoms with E-state index in [1.54, 1.807) is 0 Å². The van der Waals surface area contributed by atoms with Crippen molar-refractivity contribution < 1.29 is 0 Å². The molecule has 2 N–H and O–H groups in total. The van der Waals surface area contributed by atoms with E-state index in [9.17, 15) is 0 Å². The molecule has 0 radical (unpaired) electrons. The van der Waals surface area contributed by atoms with Crippen LogP contribution >= 0.6 is 15.9 Å². The molecule has 1 aliphatic rings. The van der Waals surface area contributed by atoms with Crippen LogP contribution in [-0.2, 0) is 0 Å². The molecule has 1 aliphatic carbocycles. The lowest BCUT2D eigenvalue weighted by Gasteiger charge is -2.28. The number of halogens is 1. The second-order valence-electron chi connectivity index (χ2n) is 5.19. The van der Waals surface area contributed by atoms with E-state index in [1.807, 2.05) is 6.92 Å². The third-order valence-corrected chi connectivity index (χ3v) is 4.43. The minimum Gasteiger partial charge on any atom is -0.371 e. The van der Waals surface area contributed by atoms with Gasteiger partial charge in [0.05, 0.1) is 5.69 Å². The molecule has 0 aromatic heterocycles. The smallest absolute Gasteiger partial charge is 0.0510 e. The molecule has 1 aromatic carbocycles. The second-order valence-corrected chi connectivity index (χ2v) is 6.04. The SMILES string of the molecule is CC(C1CC1)N(C)c1ccc([C@H](C)N)cc1Br. The molecule has 0 heterocycles. The van der Waals surface area contributed by atoms with E-state index in [0.29, 0.717) is 6.04 Å². The van der Waals surface area contributed by atoms with Crippen molar-refractivity contribution in [3.05, 3.63) is 28.2 Å². The van der Waals surface area contributed by atoms with E-state index in [-0.39, 0.29) is 6.04 Å². The van der Waals surface area contributed by atoms with Crippen molar-refractivity contribution in [3.63, 3.8) is 0 Å². The molecule has 1 fully saturated rings. The summed E-state index contributed by atoms with van der Waals surface area (Å²) in [6.45, 7) is 4.32. The number of rotatable bonds is 4. The van der Waals surface area contributed by atoms with Crippen LogP contribution in [0.5, 0.6) is 0 Å². The molecule has 0 saturated heterocycles. The van der Waals surface area contributed by atoms with E-state index in [0.717, 1.165) is 10.4 Å². The number of anilines is 1. The molecule has 0 bridgehead atoms. The Morgan fingerprint density at radius 3 is 2.47 bits per heavy atom. The molecule has 1 aromatic rings. The predicted octanol–water partition coefficient (Wildman–Crippen LogP) is 3.70. The molecular weight excluding hydrogens is 276 g/mol. The largest absolute Gasteiger partial charge is 0.371 e. The Kier molecular flexibility index (Phi) is 3.79. The topological polar surface area (TPSA) is 29.3 Å². The van der Waals surface area contributed by atoms with E-state index in [2.05, 4.69) is 53.0 Å². The highest BCUT2D eigenvalue weighted by molar-refractivity contribution is 9.10. The Balaban J connectivity index is 2.20. The summed E-state index contributed by atoms with van der Waals surface area (Å²) in [7, 11) is 2.18. The van der Waals surface area contributed by atoms with Crippen molar-refractivity contribution in [1.29, 1.82) is 0 Å². The van der Waals surface area contributed by atoms with Gasteiger partial charge in [0.15, 0.2) is 0 Å². The molecule has 1 unspecified atom stereocenters. The van der Waals surface area contributed by atoms with Gasteiger partial charge < -0.3 is 10.6 Å². The minimum absolute atomic E-state index is 0.0894. The predicted molar refractivity (Wildman–Crippen MR) is 77.3 cm³/mol. The van der Waals surface area contributed by atoms with Crippen LogP contribution in [0.1, 0.15) is 38.3 Å². The van der Waals surface area contributed by atoms with E-state index in [1.165, 1.54) is 24.1 Å². The Labute approximate surface area is 112 Å². The zero-order valence-electron chi connectivity index (χ0n) is 10.8. The van der Waals surface area contributed by atoms with Crippen molar-refractivity contribution in [3.8, 4) is 0 Å². The van der Waals surface area contributed by atoms with Crippen LogP contribution in [0.15, 0.2) is 22.7 Å². The van der Waals surface area contributed by atoms with Crippen molar-refractivity contribution >= 4 is 21.6 Å². The summed E-state index contributed by atoms with van der Waals surface area (Å²) in [4.78, 5) is 2.37. The lowest BCUT2D eigenvalue weighted by atomic mass is 10.1. The lowest BCUT2D eigenvalue weighted by Crippen LogP contribution is -2.30. The third-order valence-electron chi connectivity index (χ3n) is 3.79. The highest BCUT2D eigenvalue weighted by atomic mass is 79.9. The highest BCUT2D eigenvalue weighted by Crippen LogP contribution is 2.38. The standard InChI is InChI=1S/C14H21BrN2/c1-9(16)12-6-7-14(13(15)8-12)17(3)10(2)11-4-5-11/h6-11H,4-5,16H2,1-3H3/t9-,10?/m0/s1. The maximum atomic E-state index is 5.89. The fourth-order valence-corrected chi connectivity index (χ4v) is 2.88. The maximum absolute atomic E-state index is 5.89. The van der Waals surface area contributed by atoms with Crippen molar-refractivity contribution in [2.45, 2.75) is 38.8 Å². The quantitative estimate of drug-likeness (QED) is 0.918. The highest BCUT2D eigenvalue weighted by Gasteiger charge is 2.31. The third kappa shape index (κ3) is 2.83. The summed E-state index contributed by atoms with van der Waals surface area (Å²) in [5.41, 5.74) is 8.32. The van der Waals surface area contributed by atoms with Gasteiger partial charge in [-0.3, -0.25) is 0 Å². The van der Waals surface area contributed by atoms with E-state index in [4.69, 9.17) is 5.73 Å². The van der Waals surface area contributed by atoms with E-state index < -0.39 is 0 Å². The molecule has 1 saturated carbocycles. The molecule has 0 amide bonds. The molecule has 3 heteroatoms.